The highest BCUT2D eigenvalue weighted by atomic mass is 127. The van der Waals surface area contributed by atoms with Gasteiger partial charge in [0.25, 0.3) is 5.89 Å². The van der Waals surface area contributed by atoms with Crippen molar-refractivity contribution in [2.75, 3.05) is 11.1 Å². The summed E-state index contributed by atoms with van der Waals surface area (Å²) in [5.41, 5.74) is 6.89. The highest BCUT2D eigenvalue weighted by Crippen LogP contribution is 2.30. The summed E-state index contributed by atoms with van der Waals surface area (Å²) in [5.74, 6) is -0.120. The summed E-state index contributed by atoms with van der Waals surface area (Å²) in [5, 5.41) is 10.4. The third-order valence-corrected chi connectivity index (χ3v) is 3.36. The number of hydrogen-bond donors (Lipinski definition) is 2. The van der Waals surface area contributed by atoms with E-state index in [1.807, 2.05) is 22.6 Å². The molecule has 8 heteroatoms. The van der Waals surface area contributed by atoms with E-state index in [4.69, 9.17) is 10.2 Å². The Bertz CT molecular complexity index is 792. The molecule has 0 saturated carbocycles. The van der Waals surface area contributed by atoms with Crippen molar-refractivity contribution in [3.63, 3.8) is 0 Å². The number of nitrogens with two attached hydrogens (primary N) is 1. The van der Waals surface area contributed by atoms with Crippen molar-refractivity contribution in [2.24, 2.45) is 0 Å². The lowest BCUT2D eigenvalue weighted by Gasteiger charge is -2.10. The number of nitrogens with one attached hydrogen (secondary N) is 1. The van der Waals surface area contributed by atoms with Crippen molar-refractivity contribution in [1.82, 2.24) is 15.2 Å². The van der Waals surface area contributed by atoms with Gasteiger partial charge < -0.3 is 15.5 Å². The number of rotatable bonds is 3. The zero-order valence-corrected chi connectivity index (χ0v) is 12.7. The Hall–Kier alpha value is -2.23. The van der Waals surface area contributed by atoms with Gasteiger partial charge in [0.15, 0.2) is 0 Å². The van der Waals surface area contributed by atoms with Gasteiger partial charge in [0.1, 0.15) is 5.82 Å². The van der Waals surface area contributed by atoms with Crippen LogP contribution in [0.2, 0.25) is 0 Å². The molecule has 6 nitrogen and oxygen atoms in total. The van der Waals surface area contributed by atoms with Crippen LogP contribution in [0, 0.1) is 9.39 Å². The Labute approximate surface area is 132 Å². The maximum atomic E-state index is 13.9. The van der Waals surface area contributed by atoms with Gasteiger partial charge in [0.05, 0.1) is 23.1 Å². The molecule has 0 aliphatic rings. The fourth-order valence-corrected chi connectivity index (χ4v) is 2.21. The number of anilines is 3. The summed E-state index contributed by atoms with van der Waals surface area (Å²) in [7, 11) is 0. The molecule has 2 aromatic heterocycles. The van der Waals surface area contributed by atoms with Crippen LogP contribution in [-0.4, -0.2) is 15.2 Å². The number of nitrogen functional groups attached to an aromatic ring is 1. The topological polar surface area (TPSA) is 89.9 Å². The Kier molecular flexibility index (Phi) is 3.69. The zero-order chi connectivity index (χ0) is 14.8. The predicted molar refractivity (Wildman–Crippen MR) is 84.3 cm³/mol. The van der Waals surface area contributed by atoms with Gasteiger partial charge in [-0.15, -0.1) is 5.10 Å². The highest BCUT2D eigenvalue weighted by Gasteiger charge is 2.13. The minimum Gasteiger partial charge on any atom is -0.403 e. The minimum atomic E-state index is -0.359. The van der Waals surface area contributed by atoms with Crippen molar-refractivity contribution < 1.29 is 8.81 Å². The molecule has 3 rings (SSSR count). The average molecular weight is 397 g/mol. The average Bonchev–Trinajstić information content (AvgIpc) is 2.89. The standard InChI is InChI=1S/C13H9FIN5O/c14-9-5-7(15)1-2-10(9)18-11-6-17-4-3-8(11)12-19-20-13(16)21-12/h1-6,18H,(H2,16,20). The van der Waals surface area contributed by atoms with Gasteiger partial charge in [-0.25, -0.2) is 4.39 Å². The molecule has 0 radical (unpaired) electrons. The monoisotopic (exact) mass is 397 g/mol. The Morgan fingerprint density at radius 1 is 1.19 bits per heavy atom. The lowest BCUT2D eigenvalue weighted by atomic mass is 10.2. The second-order valence-corrected chi connectivity index (χ2v) is 5.36. The van der Waals surface area contributed by atoms with Crippen molar-refractivity contribution in [3.8, 4) is 11.5 Å². The molecule has 3 aromatic rings. The van der Waals surface area contributed by atoms with Gasteiger partial charge in [0, 0.05) is 9.77 Å². The fraction of sp³-hybridized carbons (Fsp3) is 0. The SMILES string of the molecule is Nc1nnc(-c2ccncc2Nc2ccc(I)cc2F)o1. The second kappa shape index (κ2) is 5.64. The number of nitrogens with zero attached hydrogens (tertiary/aromatic N) is 3. The lowest BCUT2D eigenvalue weighted by molar-refractivity contribution is 0.590. The first-order chi connectivity index (χ1) is 10.1. The van der Waals surface area contributed by atoms with E-state index in [-0.39, 0.29) is 17.7 Å². The molecule has 21 heavy (non-hydrogen) atoms. The van der Waals surface area contributed by atoms with E-state index in [1.165, 1.54) is 6.07 Å². The first kappa shape index (κ1) is 13.7. The zero-order valence-electron chi connectivity index (χ0n) is 10.5. The number of pyridine rings is 1. The predicted octanol–water partition coefficient (Wildman–Crippen LogP) is 3.20. The molecule has 1 aromatic carbocycles. The summed E-state index contributed by atoms with van der Waals surface area (Å²) in [6, 6.07) is 6.53. The van der Waals surface area contributed by atoms with E-state index in [1.54, 1.807) is 30.6 Å². The molecule has 0 atom stereocenters. The van der Waals surface area contributed by atoms with Crippen LogP contribution in [0.3, 0.4) is 0 Å². The molecule has 0 aliphatic heterocycles. The molecule has 106 valence electrons. The summed E-state index contributed by atoms with van der Waals surface area (Å²) < 4.78 is 19.9. The van der Waals surface area contributed by atoms with Gasteiger partial charge in [-0.3, -0.25) is 4.98 Å². The van der Waals surface area contributed by atoms with E-state index < -0.39 is 0 Å². The van der Waals surface area contributed by atoms with E-state index in [0.29, 0.717) is 16.9 Å². The van der Waals surface area contributed by atoms with Crippen LogP contribution in [0.1, 0.15) is 0 Å². The van der Waals surface area contributed by atoms with Crippen LogP contribution in [0.25, 0.3) is 11.5 Å². The third kappa shape index (κ3) is 2.94. The second-order valence-electron chi connectivity index (χ2n) is 4.12. The normalized spacial score (nSPS) is 10.6. The minimum absolute atomic E-state index is 0.0341. The van der Waals surface area contributed by atoms with Gasteiger partial charge in [0.2, 0.25) is 0 Å². The molecule has 0 unspecified atom stereocenters. The summed E-state index contributed by atoms with van der Waals surface area (Å²) in [4.78, 5) is 4.01. The maximum absolute atomic E-state index is 13.9. The van der Waals surface area contributed by atoms with Crippen LogP contribution in [-0.2, 0) is 0 Å². The van der Waals surface area contributed by atoms with Crippen LogP contribution in [0.15, 0.2) is 41.1 Å². The van der Waals surface area contributed by atoms with Crippen molar-refractivity contribution in [1.29, 1.82) is 0 Å². The van der Waals surface area contributed by atoms with Crippen LogP contribution >= 0.6 is 22.6 Å². The van der Waals surface area contributed by atoms with Crippen LogP contribution in [0.4, 0.5) is 21.8 Å². The largest absolute Gasteiger partial charge is 0.403 e. The van der Waals surface area contributed by atoms with Gasteiger partial charge in [-0.1, -0.05) is 5.10 Å². The quantitative estimate of drug-likeness (QED) is 0.660. The van der Waals surface area contributed by atoms with E-state index >= 15 is 0 Å². The molecule has 0 aliphatic carbocycles. The lowest BCUT2D eigenvalue weighted by Crippen LogP contribution is -1.97. The molecular formula is C13H9FIN5O. The molecule has 0 bridgehead atoms. The Morgan fingerprint density at radius 2 is 2.05 bits per heavy atom. The fourth-order valence-electron chi connectivity index (χ4n) is 1.76. The third-order valence-electron chi connectivity index (χ3n) is 2.69. The summed E-state index contributed by atoms with van der Waals surface area (Å²) in [6.45, 7) is 0. The number of halogens is 2. The van der Waals surface area contributed by atoms with Crippen LogP contribution in [0.5, 0.6) is 0 Å². The highest BCUT2D eigenvalue weighted by molar-refractivity contribution is 14.1. The van der Waals surface area contributed by atoms with E-state index in [0.717, 1.165) is 3.57 Å². The number of benzene rings is 1. The Balaban J connectivity index is 1.99. The number of hydrogen-bond acceptors (Lipinski definition) is 6. The molecule has 0 saturated heterocycles. The van der Waals surface area contributed by atoms with Crippen LogP contribution < -0.4 is 11.1 Å². The first-order valence-electron chi connectivity index (χ1n) is 5.89. The molecular weight excluding hydrogens is 388 g/mol. The van der Waals surface area contributed by atoms with Gasteiger partial charge in [-0.2, -0.15) is 0 Å². The maximum Gasteiger partial charge on any atom is 0.313 e. The van der Waals surface area contributed by atoms with Crippen molar-refractivity contribution in [2.45, 2.75) is 0 Å². The molecule has 0 fully saturated rings. The smallest absolute Gasteiger partial charge is 0.313 e. The number of aromatic nitrogens is 3. The van der Waals surface area contributed by atoms with E-state index in [9.17, 15) is 4.39 Å². The summed E-state index contributed by atoms with van der Waals surface area (Å²) >= 11 is 2.04. The van der Waals surface area contributed by atoms with Gasteiger partial charge >= 0.3 is 6.01 Å². The summed E-state index contributed by atoms with van der Waals surface area (Å²) in [6.07, 6.45) is 3.12. The molecule has 3 N–H and O–H groups in total. The Morgan fingerprint density at radius 3 is 2.76 bits per heavy atom. The van der Waals surface area contributed by atoms with E-state index in [2.05, 4.69) is 20.5 Å². The van der Waals surface area contributed by atoms with Crippen molar-refractivity contribution in [3.05, 3.63) is 46.0 Å². The molecule has 0 spiro atoms. The molecule has 2 heterocycles. The van der Waals surface area contributed by atoms with Crippen molar-refractivity contribution >= 4 is 40.0 Å². The first-order valence-corrected chi connectivity index (χ1v) is 6.97. The van der Waals surface area contributed by atoms with Gasteiger partial charge in [-0.05, 0) is 46.9 Å². The molecule has 0 amide bonds.